The van der Waals surface area contributed by atoms with E-state index >= 15 is 0 Å². The molecule has 0 aromatic heterocycles. The second-order valence-corrected chi connectivity index (χ2v) is 4.69. The van der Waals surface area contributed by atoms with E-state index in [1.807, 2.05) is 6.07 Å². The molecule has 0 atom stereocenters. The molecule has 0 amide bonds. The van der Waals surface area contributed by atoms with Gasteiger partial charge in [-0.2, -0.15) is 0 Å². The molecule has 0 saturated heterocycles. The molecule has 0 aliphatic carbocycles. The van der Waals surface area contributed by atoms with Crippen molar-refractivity contribution in [3.05, 3.63) is 58.4 Å². The highest BCUT2D eigenvalue weighted by atomic mass is 35.5. The highest BCUT2D eigenvalue weighted by molar-refractivity contribution is 6.30. The number of anilines is 1. The lowest BCUT2D eigenvalue weighted by Crippen LogP contribution is -2.01. The summed E-state index contributed by atoms with van der Waals surface area (Å²) in [5.41, 5.74) is 2.30. The van der Waals surface area contributed by atoms with E-state index in [9.17, 15) is 9.50 Å². The van der Waals surface area contributed by atoms with E-state index in [2.05, 4.69) is 5.32 Å². The smallest absolute Gasteiger partial charge is 0.142 e. The summed E-state index contributed by atoms with van der Waals surface area (Å²) in [5.74, 6) is 0.201. The van der Waals surface area contributed by atoms with Crippen molar-refractivity contribution in [2.75, 3.05) is 12.4 Å². The minimum Gasteiger partial charge on any atom is -0.496 e. The van der Waals surface area contributed by atoms with Gasteiger partial charge in [-0.3, -0.25) is 0 Å². The van der Waals surface area contributed by atoms with Crippen molar-refractivity contribution in [2.45, 2.75) is 13.2 Å². The number of halogens is 2. The Balaban J connectivity index is 2.08. The monoisotopic (exact) mass is 295 g/mol. The number of nitrogens with one attached hydrogen (secondary N) is 1. The number of methoxy groups -OCH3 is 1. The van der Waals surface area contributed by atoms with Crippen LogP contribution in [0.4, 0.5) is 10.1 Å². The summed E-state index contributed by atoms with van der Waals surface area (Å²) in [6.45, 7) is 0.361. The lowest BCUT2D eigenvalue weighted by Gasteiger charge is -2.11. The first kappa shape index (κ1) is 14.6. The quantitative estimate of drug-likeness (QED) is 0.886. The fourth-order valence-electron chi connectivity index (χ4n) is 1.87. The molecule has 0 aliphatic rings. The summed E-state index contributed by atoms with van der Waals surface area (Å²) < 4.78 is 18.4. The topological polar surface area (TPSA) is 41.5 Å². The summed E-state index contributed by atoms with van der Waals surface area (Å²) in [7, 11) is 1.55. The van der Waals surface area contributed by atoms with Gasteiger partial charge in [-0.25, -0.2) is 4.39 Å². The molecule has 0 radical (unpaired) electrons. The van der Waals surface area contributed by atoms with Gasteiger partial charge in [0.25, 0.3) is 0 Å². The lowest BCUT2D eigenvalue weighted by molar-refractivity contribution is 0.274. The average molecular weight is 296 g/mol. The van der Waals surface area contributed by atoms with Crippen molar-refractivity contribution in [3.63, 3.8) is 0 Å². The van der Waals surface area contributed by atoms with Crippen LogP contribution in [0.15, 0.2) is 36.4 Å². The van der Waals surface area contributed by atoms with Crippen LogP contribution in [0.25, 0.3) is 0 Å². The standard InChI is InChI=1S/C15H15ClFNO2/c1-20-15-5-3-12(7-11(15)9-19)18-8-10-2-4-13(16)14(17)6-10/h2-7,18-19H,8-9H2,1H3. The molecule has 2 rings (SSSR count). The van der Waals surface area contributed by atoms with Crippen molar-refractivity contribution in [1.82, 2.24) is 0 Å². The Morgan fingerprint density at radius 1 is 1.25 bits per heavy atom. The van der Waals surface area contributed by atoms with Gasteiger partial charge in [-0.15, -0.1) is 0 Å². The van der Waals surface area contributed by atoms with Crippen LogP contribution >= 0.6 is 11.6 Å². The second kappa shape index (κ2) is 6.59. The van der Waals surface area contributed by atoms with Crippen LogP contribution in [-0.2, 0) is 13.2 Å². The first-order chi connectivity index (χ1) is 9.63. The second-order valence-electron chi connectivity index (χ2n) is 4.29. The summed E-state index contributed by atoms with van der Waals surface area (Å²) in [4.78, 5) is 0. The number of hydrogen-bond acceptors (Lipinski definition) is 3. The Morgan fingerprint density at radius 2 is 2.05 bits per heavy atom. The molecule has 0 fully saturated rings. The van der Waals surface area contributed by atoms with Crippen LogP contribution in [0, 0.1) is 5.82 Å². The number of aliphatic hydroxyl groups is 1. The summed E-state index contributed by atoms with van der Waals surface area (Å²) in [6.07, 6.45) is 0. The molecule has 5 heteroatoms. The lowest BCUT2D eigenvalue weighted by atomic mass is 10.1. The van der Waals surface area contributed by atoms with Crippen LogP contribution in [-0.4, -0.2) is 12.2 Å². The Kier molecular flexibility index (Phi) is 4.82. The van der Waals surface area contributed by atoms with Crippen LogP contribution < -0.4 is 10.1 Å². The maximum atomic E-state index is 13.3. The van der Waals surface area contributed by atoms with E-state index in [-0.39, 0.29) is 11.6 Å². The minimum atomic E-state index is -0.434. The molecule has 0 unspecified atom stereocenters. The van der Waals surface area contributed by atoms with E-state index in [1.54, 1.807) is 25.3 Å². The fourth-order valence-corrected chi connectivity index (χ4v) is 1.98. The molecule has 0 heterocycles. The minimum absolute atomic E-state index is 0.103. The zero-order valence-corrected chi connectivity index (χ0v) is 11.7. The highest BCUT2D eigenvalue weighted by Gasteiger charge is 2.04. The molecule has 106 valence electrons. The fraction of sp³-hybridized carbons (Fsp3) is 0.200. The molecule has 0 spiro atoms. The summed E-state index contributed by atoms with van der Waals surface area (Å²) >= 11 is 5.63. The Hall–Kier alpha value is -1.78. The molecular formula is C15H15ClFNO2. The highest BCUT2D eigenvalue weighted by Crippen LogP contribution is 2.23. The molecule has 2 N–H and O–H groups in total. The van der Waals surface area contributed by atoms with Crippen LogP contribution in [0.1, 0.15) is 11.1 Å². The van der Waals surface area contributed by atoms with Crippen molar-refractivity contribution in [1.29, 1.82) is 0 Å². The van der Waals surface area contributed by atoms with E-state index in [0.717, 1.165) is 11.3 Å². The largest absolute Gasteiger partial charge is 0.496 e. The Morgan fingerprint density at radius 3 is 2.70 bits per heavy atom. The van der Waals surface area contributed by atoms with Gasteiger partial charge in [-0.1, -0.05) is 17.7 Å². The third kappa shape index (κ3) is 3.40. The molecular weight excluding hydrogens is 281 g/mol. The first-order valence-electron chi connectivity index (χ1n) is 6.09. The van der Waals surface area contributed by atoms with Gasteiger partial charge in [-0.05, 0) is 35.9 Å². The van der Waals surface area contributed by atoms with Crippen molar-refractivity contribution in [3.8, 4) is 5.75 Å². The van der Waals surface area contributed by atoms with Crippen LogP contribution in [0.3, 0.4) is 0 Å². The summed E-state index contributed by atoms with van der Waals surface area (Å²) in [6, 6.07) is 10.1. The molecule has 0 bridgehead atoms. The van der Waals surface area contributed by atoms with Gasteiger partial charge in [0.05, 0.1) is 18.7 Å². The predicted molar refractivity (Wildman–Crippen MR) is 77.7 cm³/mol. The van der Waals surface area contributed by atoms with Gasteiger partial charge in [0, 0.05) is 17.8 Å². The molecule has 0 saturated carbocycles. The maximum absolute atomic E-state index is 13.3. The van der Waals surface area contributed by atoms with Gasteiger partial charge in [0.1, 0.15) is 11.6 Å². The Bertz CT molecular complexity index is 604. The SMILES string of the molecule is COc1ccc(NCc2ccc(Cl)c(F)c2)cc1CO. The third-order valence-corrected chi connectivity index (χ3v) is 3.24. The van der Waals surface area contributed by atoms with E-state index in [1.165, 1.54) is 12.1 Å². The first-order valence-corrected chi connectivity index (χ1v) is 6.47. The van der Waals surface area contributed by atoms with Gasteiger partial charge in [0.2, 0.25) is 0 Å². The molecule has 2 aromatic rings. The van der Waals surface area contributed by atoms with Crippen LogP contribution in [0.5, 0.6) is 5.75 Å². The number of aliphatic hydroxyl groups excluding tert-OH is 1. The van der Waals surface area contributed by atoms with E-state index in [4.69, 9.17) is 16.3 Å². The van der Waals surface area contributed by atoms with Gasteiger partial charge in [0.15, 0.2) is 0 Å². The predicted octanol–water partition coefficient (Wildman–Crippen LogP) is 3.59. The van der Waals surface area contributed by atoms with E-state index in [0.29, 0.717) is 17.9 Å². The van der Waals surface area contributed by atoms with Crippen molar-refractivity contribution >= 4 is 17.3 Å². The molecule has 0 aliphatic heterocycles. The van der Waals surface area contributed by atoms with Gasteiger partial charge < -0.3 is 15.2 Å². The van der Waals surface area contributed by atoms with Crippen LogP contribution in [0.2, 0.25) is 5.02 Å². The van der Waals surface area contributed by atoms with Gasteiger partial charge >= 0.3 is 0 Å². The number of hydrogen-bond donors (Lipinski definition) is 2. The number of benzene rings is 2. The maximum Gasteiger partial charge on any atom is 0.142 e. The zero-order valence-electron chi connectivity index (χ0n) is 11.0. The summed E-state index contributed by atoms with van der Waals surface area (Å²) in [5, 5.41) is 12.5. The Labute approximate surface area is 122 Å². The zero-order chi connectivity index (χ0) is 14.5. The third-order valence-electron chi connectivity index (χ3n) is 2.93. The average Bonchev–Trinajstić information content (AvgIpc) is 2.48. The number of ether oxygens (including phenoxy) is 1. The molecule has 2 aromatic carbocycles. The normalized spacial score (nSPS) is 10.4. The molecule has 3 nitrogen and oxygen atoms in total. The number of rotatable bonds is 5. The van der Waals surface area contributed by atoms with Crippen molar-refractivity contribution in [2.24, 2.45) is 0 Å². The van der Waals surface area contributed by atoms with Crippen molar-refractivity contribution < 1.29 is 14.2 Å². The van der Waals surface area contributed by atoms with E-state index < -0.39 is 5.82 Å². The molecule has 20 heavy (non-hydrogen) atoms.